The zero-order valence-corrected chi connectivity index (χ0v) is 10.6. The van der Waals surface area contributed by atoms with Crippen LogP contribution in [0.5, 0.6) is 0 Å². The van der Waals surface area contributed by atoms with E-state index in [1.807, 2.05) is 37.3 Å². The Morgan fingerprint density at radius 1 is 1.22 bits per heavy atom. The van der Waals surface area contributed by atoms with Crippen molar-refractivity contribution >= 4 is 5.82 Å². The largest absolute Gasteiger partial charge is 0.384 e. The first-order valence-corrected chi connectivity index (χ1v) is 5.88. The zero-order chi connectivity index (χ0) is 13.0. The number of aromatic nitrogens is 2. The molecule has 0 amide bonds. The van der Waals surface area contributed by atoms with Gasteiger partial charge in [0.1, 0.15) is 11.4 Å². The van der Waals surface area contributed by atoms with Crippen LogP contribution in [0.2, 0.25) is 0 Å². The highest BCUT2D eigenvalue weighted by atomic mass is 16.3. The molecule has 94 valence electrons. The molecule has 0 aliphatic heterocycles. The van der Waals surface area contributed by atoms with Crippen LogP contribution in [-0.2, 0) is 5.60 Å². The molecule has 2 aromatic rings. The summed E-state index contributed by atoms with van der Waals surface area (Å²) in [5, 5.41) is 13.5. The molecule has 4 nitrogen and oxygen atoms in total. The molecule has 1 aromatic heterocycles. The van der Waals surface area contributed by atoms with Gasteiger partial charge in [-0.3, -0.25) is 4.98 Å². The lowest BCUT2D eigenvalue weighted by atomic mass is 9.96. The molecule has 0 fully saturated rings. The second kappa shape index (κ2) is 5.14. The maximum atomic E-state index is 10.4. The number of aryl methyl sites for hydroxylation is 1. The van der Waals surface area contributed by atoms with Crippen LogP contribution in [0.25, 0.3) is 0 Å². The summed E-state index contributed by atoms with van der Waals surface area (Å²) < 4.78 is 0. The molecule has 0 saturated carbocycles. The predicted octanol–water partition coefficient (Wildman–Crippen LogP) is 2.10. The first kappa shape index (κ1) is 12.5. The molecule has 0 saturated heterocycles. The summed E-state index contributed by atoms with van der Waals surface area (Å²) in [6.45, 7) is 4.04. The number of hydrogen-bond donors (Lipinski definition) is 2. The van der Waals surface area contributed by atoms with Crippen molar-refractivity contribution < 1.29 is 5.11 Å². The standard InChI is InChI=1S/C14H17N3O/c1-11-8-15-9-13(17-11)16-10-14(2,18)12-6-4-3-5-7-12/h3-9,18H,10H2,1-2H3,(H,16,17). The highest BCUT2D eigenvalue weighted by molar-refractivity contribution is 5.33. The molecule has 0 spiro atoms. The van der Waals surface area contributed by atoms with Crippen LogP contribution in [0.3, 0.4) is 0 Å². The fourth-order valence-electron chi connectivity index (χ4n) is 1.71. The number of aliphatic hydroxyl groups is 1. The summed E-state index contributed by atoms with van der Waals surface area (Å²) in [5.74, 6) is 0.672. The van der Waals surface area contributed by atoms with Crippen molar-refractivity contribution in [1.29, 1.82) is 0 Å². The summed E-state index contributed by atoms with van der Waals surface area (Å²) in [5.41, 5.74) is 0.782. The summed E-state index contributed by atoms with van der Waals surface area (Å²) >= 11 is 0. The maximum Gasteiger partial charge on any atom is 0.144 e. The van der Waals surface area contributed by atoms with Crippen molar-refractivity contribution in [2.75, 3.05) is 11.9 Å². The Morgan fingerprint density at radius 3 is 2.61 bits per heavy atom. The van der Waals surface area contributed by atoms with E-state index in [1.165, 1.54) is 0 Å². The number of rotatable bonds is 4. The Bertz CT molecular complexity index is 511. The van der Waals surface area contributed by atoms with Gasteiger partial charge in [0.2, 0.25) is 0 Å². The molecular weight excluding hydrogens is 226 g/mol. The van der Waals surface area contributed by atoms with E-state index in [4.69, 9.17) is 0 Å². The van der Waals surface area contributed by atoms with Crippen LogP contribution >= 0.6 is 0 Å². The van der Waals surface area contributed by atoms with Gasteiger partial charge in [-0.25, -0.2) is 4.98 Å². The van der Waals surface area contributed by atoms with Crippen LogP contribution in [0.4, 0.5) is 5.82 Å². The van der Waals surface area contributed by atoms with E-state index >= 15 is 0 Å². The van der Waals surface area contributed by atoms with E-state index in [0.717, 1.165) is 11.3 Å². The third kappa shape index (κ3) is 3.05. The molecular formula is C14H17N3O. The minimum Gasteiger partial charge on any atom is -0.384 e. The van der Waals surface area contributed by atoms with E-state index < -0.39 is 5.60 Å². The van der Waals surface area contributed by atoms with Crippen molar-refractivity contribution in [3.63, 3.8) is 0 Å². The monoisotopic (exact) mass is 243 g/mol. The minimum atomic E-state index is -0.938. The van der Waals surface area contributed by atoms with Crippen LogP contribution in [0, 0.1) is 6.92 Å². The van der Waals surface area contributed by atoms with Crippen LogP contribution in [0.1, 0.15) is 18.2 Å². The number of benzene rings is 1. The molecule has 1 heterocycles. The van der Waals surface area contributed by atoms with Gasteiger partial charge in [-0.1, -0.05) is 30.3 Å². The molecule has 18 heavy (non-hydrogen) atoms. The Hall–Kier alpha value is -1.94. The van der Waals surface area contributed by atoms with Crippen molar-refractivity contribution in [3.05, 3.63) is 54.0 Å². The van der Waals surface area contributed by atoms with Crippen LogP contribution < -0.4 is 5.32 Å². The molecule has 2 rings (SSSR count). The highest BCUT2D eigenvalue weighted by Crippen LogP contribution is 2.20. The Labute approximate surface area is 107 Å². The van der Waals surface area contributed by atoms with Crippen molar-refractivity contribution in [1.82, 2.24) is 9.97 Å². The van der Waals surface area contributed by atoms with Gasteiger partial charge >= 0.3 is 0 Å². The first-order valence-electron chi connectivity index (χ1n) is 5.88. The van der Waals surface area contributed by atoms with E-state index in [-0.39, 0.29) is 0 Å². The van der Waals surface area contributed by atoms with Gasteiger partial charge in [0.25, 0.3) is 0 Å². The van der Waals surface area contributed by atoms with Gasteiger partial charge < -0.3 is 10.4 Å². The average Bonchev–Trinajstić information content (AvgIpc) is 2.38. The topological polar surface area (TPSA) is 58.0 Å². The predicted molar refractivity (Wildman–Crippen MR) is 71.3 cm³/mol. The van der Waals surface area contributed by atoms with E-state index in [9.17, 15) is 5.11 Å². The third-order valence-electron chi connectivity index (χ3n) is 2.76. The molecule has 4 heteroatoms. The summed E-state index contributed by atoms with van der Waals surface area (Å²) in [4.78, 5) is 8.34. The Balaban J connectivity index is 2.05. The normalized spacial score (nSPS) is 13.9. The lowest BCUT2D eigenvalue weighted by Gasteiger charge is -2.24. The molecule has 0 radical (unpaired) electrons. The van der Waals surface area contributed by atoms with Crippen LogP contribution in [0.15, 0.2) is 42.7 Å². The van der Waals surface area contributed by atoms with Gasteiger partial charge in [-0.15, -0.1) is 0 Å². The lowest BCUT2D eigenvalue weighted by Crippen LogP contribution is -2.30. The lowest BCUT2D eigenvalue weighted by molar-refractivity contribution is 0.0714. The fourth-order valence-corrected chi connectivity index (χ4v) is 1.71. The molecule has 2 N–H and O–H groups in total. The first-order chi connectivity index (χ1) is 8.58. The fraction of sp³-hybridized carbons (Fsp3) is 0.286. The number of nitrogens with one attached hydrogen (secondary N) is 1. The zero-order valence-electron chi connectivity index (χ0n) is 10.6. The van der Waals surface area contributed by atoms with Gasteiger partial charge in [0.05, 0.1) is 11.9 Å². The summed E-state index contributed by atoms with van der Waals surface area (Å²) in [6.07, 6.45) is 3.34. The van der Waals surface area contributed by atoms with Gasteiger partial charge in [0.15, 0.2) is 0 Å². The minimum absolute atomic E-state index is 0.384. The Morgan fingerprint density at radius 2 is 1.94 bits per heavy atom. The molecule has 1 atom stereocenters. The molecule has 0 aliphatic rings. The number of anilines is 1. The quantitative estimate of drug-likeness (QED) is 0.863. The number of hydrogen-bond acceptors (Lipinski definition) is 4. The SMILES string of the molecule is Cc1cncc(NCC(C)(O)c2ccccc2)n1. The highest BCUT2D eigenvalue weighted by Gasteiger charge is 2.22. The number of nitrogens with zero attached hydrogens (tertiary/aromatic N) is 2. The molecule has 0 bridgehead atoms. The van der Waals surface area contributed by atoms with Crippen molar-refractivity contribution in [3.8, 4) is 0 Å². The van der Waals surface area contributed by atoms with Crippen molar-refractivity contribution in [2.24, 2.45) is 0 Å². The second-order valence-corrected chi connectivity index (χ2v) is 4.54. The molecule has 0 aliphatic carbocycles. The third-order valence-corrected chi connectivity index (χ3v) is 2.76. The van der Waals surface area contributed by atoms with Gasteiger partial charge in [-0.2, -0.15) is 0 Å². The van der Waals surface area contributed by atoms with Gasteiger partial charge in [-0.05, 0) is 19.4 Å². The second-order valence-electron chi connectivity index (χ2n) is 4.54. The van der Waals surface area contributed by atoms with E-state index in [1.54, 1.807) is 19.3 Å². The smallest absolute Gasteiger partial charge is 0.144 e. The van der Waals surface area contributed by atoms with Crippen molar-refractivity contribution in [2.45, 2.75) is 19.4 Å². The summed E-state index contributed by atoms with van der Waals surface area (Å²) in [7, 11) is 0. The Kier molecular flexibility index (Phi) is 3.58. The average molecular weight is 243 g/mol. The summed E-state index contributed by atoms with van der Waals surface area (Å²) in [6, 6.07) is 9.57. The molecule has 1 unspecified atom stereocenters. The van der Waals surface area contributed by atoms with E-state index in [2.05, 4.69) is 15.3 Å². The van der Waals surface area contributed by atoms with Gasteiger partial charge in [0, 0.05) is 12.7 Å². The molecule has 1 aromatic carbocycles. The maximum absolute atomic E-state index is 10.4. The van der Waals surface area contributed by atoms with Crippen LogP contribution in [-0.4, -0.2) is 21.6 Å². The van der Waals surface area contributed by atoms with E-state index in [0.29, 0.717) is 12.4 Å².